The van der Waals surface area contributed by atoms with E-state index in [0.717, 1.165) is 42.0 Å². The number of ketones is 1. The van der Waals surface area contributed by atoms with Gasteiger partial charge in [-0.05, 0) is 85.9 Å². The summed E-state index contributed by atoms with van der Waals surface area (Å²) in [5, 5.41) is 4.56. The molecule has 0 aliphatic carbocycles. The molecular formula is C34H42ClNO. The van der Waals surface area contributed by atoms with Gasteiger partial charge in [-0.1, -0.05) is 92.5 Å². The van der Waals surface area contributed by atoms with E-state index in [4.69, 9.17) is 11.6 Å². The maximum absolute atomic E-state index is 12.1. The summed E-state index contributed by atoms with van der Waals surface area (Å²) in [7, 11) is 0. The van der Waals surface area contributed by atoms with Gasteiger partial charge in [0.05, 0.1) is 6.04 Å². The molecule has 0 heterocycles. The Morgan fingerprint density at radius 2 is 1.59 bits per heavy atom. The van der Waals surface area contributed by atoms with Crippen LogP contribution in [0.4, 0.5) is 0 Å². The Hall–Kier alpha value is -2.84. The van der Waals surface area contributed by atoms with E-state index in [-0.39, 0.29) is 6.04 Å². The second-order valence-corrected chi connectivity index (χ2v) is 11.2. The molecule has 3 rings (SSSR count). The summed E-state index contributed by atoms with van der Waals surface area (Å²) in [6.07, 6.45) is 4.73. The maximum atomic E-state index is 12.1. The van der Waals surface area contributed by atoms with Gasteiger partial charge in [0, 0.05) is 29.1 Å². The molecule has 1 unspecified atom stereocenters. The average molecular weight is 516 g/mol. The van der Waals surface area contributed by atoms with Crippen LogP contribution in [0.5, 0.6) is 0 Å². The number of hydrogen-bond donors (Lipinski definition) is 1. The summed E-state index contributed by atoms with van der Waals surface area (Å²) in [6, 6.07) is 21.7. The molecule has 0 amide bonds. The van der Waals surface area contributed by atoms with Gasteiger partial charge in [0.2, 0.25) is 0 Å². The smallest absolute Gasteiger partial charge is 0.132 e. The van der Waals surface area contributed by atoms with Crippen LogP contribution in [0.3, 0.4) is 0 Å². The number of aryl methyl sites for hydroxylation is 5. The van der Waals surface area contributed by atoms with Crippen molar-refractivity contribution in [3.8, 4) is 0 Å². The van der Waals surface area contributed by atoms with E-state index in [9.17, 15) is 4.79 Å². The summed E-state index contributed by atoms with van der Waals surface area (Å²) in [6.45, 7) is 15.3. The van der Waals surface area contributed by atoms with Crippen molar-refractivity contribution in [1.29, 1.82) is 0 Å². The number of benzene rings is 3. The zero-order valence-corrected chi connectivity index (χ0v) is 23.9. The molecule has 0 saturated heterocycles. The van der Waals surface area contributed by atoms with E-state index in [1.54, 1.807) is 0 Å². The minimum Gasteiger partial charge on any atom is -0.378 e. The molecule has 1 atom stereocenters. The summed E-state index contributed by atoms with van der Waals surface area (Å²) in [4.78, 5) is 12.1. The van der Waals surface area contributed by atoms with E-state index >= 15 is 0 Å². The predicted octanol–water partition coefficient (Wildman–Crippen LogP) is 9.00. The Morgan fingerprint density at radius 3 is 2.22 bits per heavy atom. The first-order valence-electron chi connectivity index (χ1n) is 13.6. The highest BCUT2D eigenvalue weighted by atomic mass is 35.5. The van der Waals surface area contributed by atoms with Gasteiger partial charge in [0.15, 0.2) is 0 Å². The van der Waals surface area contributed by atoms with Crippen LogP contribution in [0, 0.1) is 19.8 Å². The Morgan fingerprint density at radius 1 is 0.919 bits per heavy atom. The SMILES string of the molecule is C=C(NC(CC(C)C)c1cc(C)cc(C)c1)c1cc(CCc2cccc(Cl)c2)ccc1CCC(=O)CC. The van der Waals surface area contributed by atoms with Gasteiger partial charge < -0.3 is 5.32 Å². The first-order valence-corrected chi connectivity index (χ1v) is 13.9. The Balaban J connectivity index is 1.89. The first-order chi connectivity index (χ1) is 17.6. The molecule has 3 heteroatoms. The van der Waals surface area contributed by atoms with Crippen LogP contribution in [0.25, 0.3) is 5.70 Å². The monoisotopic (exact) mass is 515 g/mol. The molecule has 0 saturated carbocycles. The standard InChI is InChI=1S/C34H42ClNO/c1-7-32(37)16-15-29-14-13-28(12-11-27-9-8-10-31(35)21-27)22-33(29)26(6)36-34(17-23(2)3)30-19-24(4)18-25(5)20-30/h8-10,13-14,18-23,34,36H,6-7,11-12,15-17H2,1-5H3. The van der Waals surface area contributed by atoms with E-state index < -0.39 is 0 Å². The van der Waals surface area contributed by atoms with Crippen LogP contribution in [0.2, 0.25) is 5.02 Å². The fourth-order valence-electron chi connectivity index (χ4n) is 4.96. The molecule has 0 aliphatic rings. The third-order valence-electron chi connectivity index (χ3n) is 6.86. The number of Topliss-reactive ketones (excluding diaryl/α,β-unsaturated/α-hetero) is 1. The highest BCUT2D eigenvalue weighted by Crippen LogP contribution is 2.29. The molecule has 1 N–H and O–H groups in total. The second kappa shape index (κ2) is 13.6. The topological polar surface area (TPSA) is 29.1 Å². The van der Waals surface area contributed by atoms with E-state index in [1.165, 1.54) is 33.4 Å². The van der Waals surface area contributed by atoms with Crippen LogP contribution in [-0.4, -0.2) is 5.78 Å². The number of carbonyl (C=O) groups is 1. The van der Waals surface area contributed by atoms with Crippen molar-refractivity contribution in [3.63, 3.8) is 0 Å². The predicted molar refractivity (Wildman–Crippen MR) is 159 cm³/mol. The van der Waals surface area contributed by atoms with Gasteiger partial charge in [0.25, 0.3) is 0 Å². The van der Waals surface area contributed by atoms with E-state index in [1.807, 2.05) is 25.1 Å². The fraction of sp³-hybridized carbons (Fsp3) is 0.382. The van der Waals surface area contributed by atoms with Crippen LogP contribution >= 0.6 is 11.6 Å². The van der Waals surface area contributed by atoms with Gasteiger partial charge >= 0.3 is 0 Å². The average Bonchev–Trinajstić information content (AvgIpc) is 2.85. The van der Waals surface area contributed by atoms with Crippen molar-refractivity contribution < 1.29 is 4.79 Å². The lowest BCUT2D eigenvalue weighted by Gasteiger charge is -2.26. The second-order valence-electron chi connectivity index (χ2n) is 10.7. The highest BCUT2D eigenvalue weighted by Gasteiger charge is 2.17. The molecule has 3 aromatic carbocycles. The van der Waals surface area contributed by atoms with Crippen LogP contribution in [0.1, 0.15) is 85.0 Å². The molecule has 0 fully saturated rings. The minimum absolute atomic E-state index is 0.173. The third-order valence-corrected chi connectivity index (χ3v) is 7.10. The molecule has 0 radical (unpaired) electrons. The number of carbonyl (C=O) groups excluding carboxylic acids is 1. The van der Waals surface area contributed by atoms with Crippen molar-refractivity contribution in [2.75, 3.05) is 0 Å². The molecule has 196 valence electrons. The number of hydrogen-bond acceptors (Lipinski definition) is 2. The zero-order chi connectivity index (χ0) is 26.9. The quantitative estimate of drug-likeness (QED) is 0.246. The lowest BCUT2D eigenvalue weighted by Crippen LogP contribution is -2.22. The van der Waals surface area contributed by atoms with Crippen LogP contribution in [-0.2, 0) is 24.1 Å². The van der Waals surface area contributed by atoms with Crippen molar-refractivity contribution in [2.24, 2.45) is 5.92 Å². The summed E-state index contributed by atoms with van der Waals surface area (Å²) in [5.74, 6) is 0.833. The molecule has 0 bridgehead atoms. The largest absolute Gasteiger partial charge is 0.378 e. The van der Waals surface area contributed by atoms with E-state index in [2.05, 4.69) is 82.1 Å². The maximum Gasteiger partial charge on any atom is 0.132 e. The molecule has 0 aliphatic heterocycles. The van der Waals surface area contributed by atoms with Gasteiger partial charge in [-0.25, -0.2) is 0 Å². The zero-order valence-electron chi connectivity index (χ0n) is 23.2. The normalized spacial score (nSPS) is 12.0. The first kappa shape index (κ1) is 28.7. The number of rotatable bonds is 13. The molecule has 2 nitrogen and oxygen atoms in total. The number of nitrogens with one attached hydrogen (secondary N) is 1. The van der Waals surface area contributed by atoms with Crippen molar-refractivity contribution in [3.05, 3.63) is 111 Å². The molecule has 3 aromatic rings. The van der Waals surface area contributed by atoms with Crippen molar-refractivity contribution in [2.45, 2.75) is 79.2 Å². The van der Waals surface area contributed by atoms with Crippen LogP contribution < -0.4 is 5.32 Å². The minimum atomic E-state index is 0.173. The molecule has 0 spiro atoms. The van der Waals surface area contributed by atoms with Gasteiger partial charge in [0.1, 0.15) is 5.78 Å². The van der Waals surface area contributed by atoms with Gasteiger partial charge in [-0.2, -0.15) is 0 Å². The van der Waals surface area contributed by atoms with Crippen LogP contribution in [0.15, 0.2) is 67.2 Å². The number of halogens is 1. The summed E-state index contributed by atoms with van der Waals surface area (Å²) >= 11 is 6.19. The Bertz CT molecular complexity index is 1210. The Labute approximate surface area is 229 Å². The summed E-state index contributed by atoms with van der Waals surface area (Å²) < 4.78 is 0. The lowest BCUT2D eigenvalue weighted by atomic mass is 9.92. The highest BCUT2D eigenvalue weighted by molar-refractivity contribution is 6.30. The fourth-order valence-corrected chi connectivity index (χ4v) is 5.17. The molecule has 37 heavy (non-hydrogen) atoms. The van der Waals surface area contributed by atoms with Gasteiger partial charge in [-0.3, -0.25) is 4.79 Å². The van der Waals surface area contributed by atoms with Gasteiger partial charge in [-0.15, -0.1) is 0 Å². The van der Waals surface area contributed by atoms with Crippen molar-refractivity contribution >= 4 is 23.1 Å². The molecular weight excluding hydrogens is 474 g/mol. The summed E-state index contributed by atoms with van der Waals surface area (Å²) in [5.41, 5.74) is 9.56. The van der Waals surface area contributed by atoms with Crippen molar-refractivity contribution in [1.82, 2.24) is 5.32 Å². The third kappa shape index (κ3) is 8.90. The Kier molecular flexibility index (Phi) is 10.6. The molecule has 0 aromatic heterocycles. The van der Waals surface area contributed by atoms with E-state index in [0.29, 0.717) is 24.5 Å². The lowest BCUT2D eigenvalue weighted by molar-refractivity contribution is -0.118.